The van der Waals surface area contributed by atoms with Crippen molar-refractivity contribution in [2.75, 3.05) is 0 Å². The van der Waals surface area contributed by atoms with Gasteiger partial charge in [-0.1, -0.05) is 18.2 Å². The summed E-state index contributed by atoms with van der Waals surface area (Å²) in [6.45, 7) is 2.14. The van der Waals surface area contributed by atoms with Crippen LogP contribution in [0.15, 0.2) is 18.2 Å². The molecule has 0 aliphatic carbocycles. The Bertz CT molecular complexity index is 365. The Kier molecular flexibility index (Phi) is 2.65. The minimum Gasteiger partial charge on any atom is -0.376 e. The van der Waals surface area contributed by atoms with Crippen LogP contribution in [0.1, 0.15) is 16.7 Å². The smallest absolute Gasteiger partial charge is 0.163 e. The SMILES string of the molecule is NC(=S)NCc1ccc2c(c1)COC2. The van der Waals surface area contributed by atoms with Crippen molar-refractivity contribution in [3.05, 3.63) is 34.9 Å². The van der Waals surface area contributed by atoms with Gasteiger partial charge >= 0.3 is 0 Å². The Morgan fingerprint density at radius 3 is 3.00 bits per heavy atom. The van der Waals surface area contributed by atoms with Gasteiger partial charge in [-0.3, -0.25) is 0 Å². The van der Waals surface area contributed by atoms with Crippen LogP contribution in [-0.4, -0.2) is 5.11 Å². The highest BCUT2D eigenvalue weighted by molar-refractivity contribution is 7.80. The molecule has 2 rings (SSSR count). The molecule has 0 spiro atoms. The minimum atomic E-state index is 0.335. The lowest BCUT2D eigenvalue weighted by atomic mass is 10.1. The van der Waals surface area contributed by atoms with Gasteiger partial charge in [-0.15, -0.1) is 0 Å². The number of nitrogens with two attached hydrogens (primary N) is 1. The van der Waals surface area contributed by atoms with E-state index in [1.54, 1.807) is 0 Å². The maximum atomic E-state index is 5.35. The molecule has 0 saturated carbocycles. The zero-order chi connectivity index (χ0) is 9.97. The van der Waals surface area contributed by atoms with Crippen LogP contribution >= 0.6 is 12.2 Å². The number of nitrogens with one attached hydrogen (secondary N) is 1. The molecule has 0 saturated heterocycles. The van der Waals surface area contributed by atoms with Crippen LogP contribution < -0.4 is 11.1 Å². The molecule has 1 aromatic rings. The summed E-state index contributed by atoms with van der Waals surface area (Å²) in [5.41, 5.74) is 9.08. The molecule has 74 valence electrons. The Morgan fingerprint density at radius 1 is 1.43 bits per heavy atom. The first-order valence-corrected chi connectivity index (χ1v) is 4.88. The van der Waals surface area contributed by atoms with Crippen molar-refractivity contribution in [3.8, 4) is 0 Å². The van der Waals surface area contributed by atoms with E-state index in [0.29, 0.717) is 11.7 Å². The van der Waals surface area contributed by atoms with E-state index in [9.17, 15) is 0 Å². The number of ether oxygens (including phenoxy) is 1. The van der Waals surface area contributed by atoms with E-state index in [4.69, 9.17) is 22.7 Å². The number of fused-ring (bicyclic) bond motifs is 1. The van der Waals surface area contributed by atoms with E-state index in [2.05, 4.69) is 23.5 Å². The van der Waals surface area contributed by atoms with Gasteiger partial charge in [-0.05, 0) is 28.9 Å². The van der Waals surface area contributed by atoms with Gasteiger partial charge in [0.1, 0.15) is 0 Å². The summed E-state index contributed by atoms with van der Waals surface area (Å²) >= 11 is 4.74. The predicted octanol–water partition coefficient (Wildman–Crippen LogP) is 1.05. The molecule has 0 fully saturated rings. The molecular formula is C10H12N2OS. The minimum absolute atomic E-state index is 0.335. The quantitative estimate of drug-likeness (QED) is 0.713. The van der Waals surface area contributed by atoms with Gasteiger partial charge in [0.25, 0.3) is 0 Å². The van der Waals surface area contributed by atoms with Crippen LogP contribution in [0.4, 0.5) is 0 Å². The monoisotopic (exact) mass is 208 g/mol. The normalized spacial score (nSPS) is 13.7. The molecule has 1 aliphatic rings. The number of rotatable bonds is 2. The van der Waals surface area contributed by atoms with Gasteiger partial charge in [-0.25, -0.2) is 0 Å². The lowest BCUT2D eigenvalue weighted by molar-refractivity contribution is 0.134. The molecule has 1 aliphatic heterocycles. The van der Waals surface area contributed by atoms with E-state index in [-0.39, 0.29) is 0 Å². The fraction of sp³-hybridized carbons (Fsp3) is 0.300. The Hall–Kier alpha value is -1.13. The van der Waals surface area contributed by atoms with Crippen molar-refractivity contribution in [1.29, 1.82) is 0 Å². The molecule has 3 nitrogen and oxygen atoms in total. The highest BCUT2D eigenvalue weighted by Crippen LogP contribution is 2.20. The molecule has 1 heterocycles. The molecule has 14 heavy (non-hydrogen) atoms. The molecule has 0 aromatic heterocycles. The van der Waals surface area contributed by atoms with Crippen molar-refractivity contribution in [3.63, 3.8) is 0 Å². The largest absolute Gasteiger partial charge is 0.376 e. The van der Waals surface area contributed by atoms with Gasteiger partial charge in [0.15, 0.2) is 5.11 Å². The van der Waals surface area contributed by atoms with Crippen LogP contribution in [0, 0.1) is 0 Å². The molecule has 0 amide bonds. The third-order valence-corrected chi connectivity index (χ3v) is 2.40. The molecule has 0 bridgehead atoms. The van der Waals surface area contributed by atoms with Crippen LogP contribution in [0.2, 0.25) is 0 Å². The lowest BCUT2D eigenvalue weighted by Crippen LogP contribution is -2.28. The van der Waals surface area contributed by atoms with Crippen molar-refractivity contribution in [2.45, 2.75) is 19.8 Å². The van der Waals surface area contributed by atoms with E-state index in [0.717, 1.165) is 13.2 Å². The number of benzene rings is 1. The van der Waals surface area contributed by atoms with Crippen LogP contribution in [0.5, 0.6) is 0 Å². The van der Waals surface area contributed by atoms with E-state index < -0.39 is 0 Å². The molecular weight excluding hydrogens is 196 g/mol. The number of hydrogen-bond donors (Lipinski definition) is 2. The summed E-state index contributed by atoms with van der Waals surface area (Å²) in [7, 11) is 0. The van der Waals surface area contributed by atoms with Crippen LogP contribution in [0.3, 0.4) is 0 Å². The van der Waals surface area contributed by atoms with Crippen molar-refractivity contribution >= 4 is 17.3 Å². The van der Waals surface area contributed by atoms with Gasteiger partial charge in [0.05, 0.1) is 13.2 Å². The van der Waals surface area contributed by atoms with E-state index in [1.807, 2.05) is 0 Å². The maximum absolute atomic E-state index is 5.35. The maximum Gasteiger partial charge on any atom is 0.163 e. The Morgan fingerprint density at radius 2 is 2.21 bits per heavy atom. The average Bonchev–Trinajstić information content (AvgIpc) is 2.61. The highest BCUT2D eigenvalue weighted by Gasteiger charge is 2.10. The number of thiocarbonyl (C=S) groups is 1. The van der Waals surface area contributed by atoms with Crippen LogP contribution in [-0.2, 0) is 24.5 Å². The van der Waals surface area contributed by atoms with Gasteiger partial charge in [-0.2, -0.15) is 0 Å². The first-order chi connectivity index (χ1) is 6.75. The van der Waals surface area contributed by atoms with Crippen molar-refractivity contribution < 1.29 is 4.74 Å². The fourth-order valence-corrected chi connectivity index (χ4v) is 1.60. The predicted molar refractivity (Wildman–Crippen MR) is 58.6 cm³/mol. The number of hydrogen-bond acceptors (Lipinski definition) is 2. The molecule has 0 atom stereocenters. The highest BCUT2D eigenvalue weighted by atomic mass is 32.1. The summed E-state index contributed by atoms with van der Waals surface area (Å²) in [5.74, 6) is 0. The molecule has 1 aromatic carbocycles. The summed E-state index contributed by atoms with van der Waals surface area (Å²) in [6, 6.07) is 6.30. The Labute approximate surface area is 88.2 Å². The third kappa shape index (κ3) is 2.02. The summed E-state index contributed by atoms with van der Waals surface area (Å²) in [5, 5.41) is 3.26. The second-order valence-corrected chi connectivity index (χ2v) is 3.75. The molecule has 0 unspecified atom stereocenters. The second kappa shape index (κ2) is 3.94. The zero-order valence-corrected chi connectivity index (χ0v) is 8.56. The standard InChI is InChI=1S/C10H12N2OS/c11-10(14)12-4-7-1-2-8-5-13-6-9(8)3-7/h1-3H,4-6H2,(H3,11,12,14). The Balaban J connectivity index is 2.09. The third-order valence-electron chi connectivity index (χ3n) is 2.25. The van der Waals surface area contributed by atoms with Crippen LogP contribution in [0.25, 0.3) is 0 Å². The summed E-state index contributed by atoms with van der Waals surface area (Å²) < 4.78 is 5.32. The zero-order valence-electron chi connectivity index (χ0n) is 7.75. The first kappa shape index (κ1) is 9.43. The van der Waals surface area contributed by atoms with Gasteiger partial charge in [0, 0.05) is 6.54 Å². The van der Waals surface area contributed by atoms with Gasteiger partial charge in [0.2, 0.25) is 0 Å². The summed E-state index contributed by atoms with van der Waals surface area (Å²) in [4.78, 5) is 0. The molecule has 0 radical (unpaired) electrons. The fourth-order valence-electron chi connectivity index (χ4n) is 1.52. The van der Waals surface area contributed by atoms with E-state index in [1.165, 1.54) is 16.7 Å². The van der Waals surface area contributed by atoms with Crippen molar-refractivity contribution in [1.82, 2.24) is 5.32 Å². The second-order valence-electron chi connectivity index (χ2n) is 3.31. The van der Waals surface area contributed by atoms with Crippen molar-refractivity contribution in [2.24, 2.45) is 5.73 Å². The molecule has 3 N–H and O–H groups in total. The topological polar surface area (TPSA) is 47.3 Å². The lowest BCUT2D eigenvalue weighted by Gasteiger charge is -2.05. The molecule has 4 heteroatoms. The first-order valence-electron chi connectivity index (χ1n) is 4.47. The van der Waals surface area contributed by atoms with E-state index >= 15 is 0 Å². The summed E-state index contributed by atoms with van der Waals surface area (Å²) in [6.07, 6.45) is 0. The average molecular weight is 208 g/mol. The van der Waals surface area contributed by atoms with Gasteiger partial charge < -0.3 is 15.8 Å².